The molecule has 0 aliphatic carbocycles. The first-order valence-electron chi connectivity index (χ1n) is 0. The second kappa shape index (κ2) is 53.3. The van der Waals surface area contributed by atoms with Crippen LogP contribution in [0.1, 0.15) is 0 Å². The van der Waals surface area contributed by atoms with Crippen molar-refractivity contribution in [1.82, 2.24) is 0 Å². The third-order valence-electron chi connectivity index (χ3n) is 0. The van der Waals surface area contributed by atoms with Gasteiger partial charge in [0.2, 0.25) is 0 Å². The quantitative estimate of drug-likeness (QED) is 0.374. The van der Waals surface area contributed by atoms with Gasteiger partial charge >= 0.3 is 21.7 Å². The van der Waals surface area contributed by atoms with Crippen molar-refractivity contribution in [3.8, 4) is 0 Å². The minimum atomic E-state index is 0. The number of rotatable bonds is 0. The topological polar surface area (TPSA) is 0 Å². The summed E-state index contributed by atoms with van der Waals surface area (Å²) in [6.07, 6.45) is 0. The Morgan fingerprint density at radius 3 is 0.500 bits per heavy atom. The molecule has 0 unspecified atom stereocenters. The molecule has 0 saturated heterocycles. The minimum Gasteiger partial charge on any atom is -1.00 e. The van der Waals surface area contributed by atoms with E-state index < -0.39 is 0 Å². The van der Waals surface area contributed by atoms with E-state index in [4.69, 9.17) is 0 Å². The van der Waals surface area contributed by atoms with Crippen LogP contribution in [0.25, 0.3) is 0 Å². The predicted molar refractivity (Wildman–Crippen MR) is 0 cm³/mol. The van der Waals surface area contributed by atoms with E-state index in [-0.39, 0.29) is 87.8 Å². The fraction of sp³-hybridized carbons (Fsp3) is 0. The van der Waals surface area contributed by atoms with E-state index in [0.29, 0.717) is 0 Å². The van der Waals surface area contributed by atoms with Gasteiger partial charge in [-0.15, -0.1) is 0 Å². The molecule has 0 aromatic carbocycles. The third kappa shape index (κ3) is 32.7. The SMILES string of the molecule is [Cl-].[Cl-].[Cl-].[Cl-].[Ni].[Ti+4]. The van der Waals surface area contributed by atoms with E-state index in [1.54, 1.807) is 0 Å². The summed E-state index contributed by atoms with van der Waals surface area (Å²) in [5, 5.41) is 0. The van der Waals surface area contributed by atoms with Crippen molar-refractivity contribution in [1.29, 1.82) is 0 Å². The average molecular weight is 248 g/mol. The van der Waals surface area contributed by atoms with Crippen LogP contribution in [0.2, 0.25) is 0 Å². The van der Waals surface area contributed by atoms with Gasteiger partial charge in [0.25, 0.3) is 0 Å². The molecule has 0 aromatic heterocycles. The summed E-state index contributed by atoms with van der Waals surface area (Å²) in [5.41, 5.74) is 0. The Bertz CT molecular complexity index is 7.51. The maximum absolute atomic E-state index is 0. The van der Waals surface area contributed by atoms with Crippen LogP contribution < -0.4 is 49.6 Å². The molecule has 0 radical (unpaired) electrons. The summed E-state index contributed by atoms with van der Waals surface area (Å²) in [7, 11) is 0. The largest absolute Gasteiger partial charge is 4.00 e. The van der Waals surface area contributed by atoms with Crippen LogP contribution >= 0.6 is 0 Å². The molecule has 0 spiro atoms. The summed E-state index contributed by atoms with van der Waals surface area (Å²) in [6, 6.07) is 0. The standard InChI is InChI=1S/4ClH.Ni.Ti/h4*1H;;/q;;;;;+4/p-4. The van der Waals surface area contributed by atoms with E-state index in [1.165, 1.54) is 0 Å². The van der Waals surface area contributed by atoms with Crippen LogP contribution in [0.3, 0.4) is 0 Å². The van der Waals surface area contributed by atoms with Gasteiger partial charge in [-0.05, 0) is 0 Å². The van der Waals surface area contributed by atoms with Gasteiger partial charge in [0, 0.05) is 16.5 Å². The Kier molecular flexibility index (Phi) is 720. The smallest absolute Gasteiger partial charge is 1.00 e. The normalized spacial score (nSPS) is 0. The summed E-state index contributed by atoms with van der Waals surface area (Å²) < 4.78 is 0. The van der Waals surface area contributed by atoms with Crippen molar-refractivity contribution >= 4 is 0 Å². The first-order valence-corrected chi connectivity index (χ1v) is 0. The molecule has 0 nitrogen and oxygen atoms in total. The zero-order valence-corrected chi connectivity index (χ0v) is 7.90. The van der Waals surface area contributed by atoms with Crippen molar-refractivity contribution in [2.45, 2.75) is 0 Å². The van der Waals surface area contributed by atoms with Crippen molar-refractivity contribution in [2.75, 3.05) is 0 Å². The summed E-state index contributed by atoms with van der Waals surface area (Å²) >= 11 is 0. The third-order valence-corrected chi connectivity index (χ3v) is 0. The molecule has 6 heteroatoms. The van der Waals surface area contributed by atoms with Gasteiger partial charge in [-0.1, -0.05) is 0 Å². The van der Waals surface area contributed by atoms with Crippen LogP contribution in [0.4, 0.5) is 0 Å². The molecular weight excluding hydrogens is 248 g/mol. The van der Waals surface area contributed by atoms with Crippen LogP contribution in [-0.4, -0.2) is 0 Å². The van der Waals surface area contributed by atoms with E-state index in [1.807, 2.05) is 0 Å². The van der Waals surface area contributed by atoms with Gasteiger partial charge in [-0.3, -0.25) is 0 Å². The van der Waals surface area contributed by atoms with E-state index in [0.717, 1.165) is 0 Å². The van der Waals surface area contributed by atoms with Crippen LogP contribution in [-0.2, 0) is 38.2 Å². The van der Waals surface area contributed by atoms with Crippen LogP contribution in [0.15, 0.2) is 0 Å². The number of halogens is 4. The predicted octanol–water partition coefficient (Wildman–Crippen LogP) is -12.0. The molecular formula is Cl4NiTi. The van der Waals surface area contributed by atoms with E-state index in [2.05, 4.69) is 0 Å². The molecule has 42 valence electrons. The van der Waals surface area contributed by atoms with E-state index >= 15 is 0 Å². The van der Waals surface area contributed by atoms with Crippen molar-refractivity contribution in [2.24, 2.45) is 0 Å². The number of hydrogen-bond acceptors (Lipinski definition) is 0. The molecule has 0 N–H and O–H groups in total. The second-order valence-corrected chi connectivity index (χ2v) is 0. The van der Waals surface area contributed by atoms with Crippen LogP contribution in [0, 0.1) is 0 Å². The summed E-state index contributed by atoms with van der Waals surface area (Å²) in [4.78, 5) is 0. The van der Waals surface area contributed by atoms with Crippen LogP contribution in [0.5, 0.6) is 0 Å². The van der Waals surface area contributed by atoms with Crippen molar-refractivity contribution < 1.29 is 87.8 Å². The molecule has 0 aromatic rings. The van der Waals surface area contributed by atoms with Gasteiger partial charge in [0.1, 0.15) is 0 Å². The Morgan fingerprint density at radius 1 is 0.500 bits per heavy atom. The van der Waals surface area contributed by atoms with Crippen molar-refractivity contribution in [3.63, 3.8) is 0 Å². The molecule has 0 aliphatic rings. The van der Waals surface area contributed by atoms with Gasteiger partial charge in [-0.25, -0.2) is 0 Å². The second-order valence-electron chi connectivity index (χ2n) is 0. The fourth-order valence-corrected chi connectivity index (χ4v) is 0. The monoisotopic (exact) mass is 246 g/mol. The van der Waals surface area contributed by atoms with Crippen molar-refractivity contribution in [3.05, 3.63) is 0 Å². The zero-order valence-electron chi connectivity index (χ0n) is 2.33. The van der Waals surface area contributed by atoms with Gasteiger partial charge in [0.15, 0.2) is 0 Å². The molecule has 0 saturated carbocycles. The minimum absolute atomic E-state index is 0. The molecule has 0 bridgehead atoms. The molecule has 0 heterocycles. The summed E-state index contributed by atoms with van der Waals surface area (Å²) in [5.74, 6) is 0. The Hall–Kier alpha value is 2.37. The molecule has 0 atom stereocenters. The summed E-state index contributed by atoms with van der Waals surface area (Å²) in [6.45, 7) is 0. The average Bonchev–Trinajstić information content (AvgIpc) is 0. The maximum atomic E-state index is 0. The van der Waals surface area contributed by atoms with Gasteiger partial charge < -0.3 is 49.6 Å². The zero-order chi connectivity index (χ0) is 0. The number of hydrogen-bond donors (Lipinski definition) is 0. The van der Waals surface area contributed by atoms with Gasteiger partial charge in [-0.2, -0.15) is 0 Å². The molecule has 0 fully saturated rings. The first kappa shape index (κ1) is 81.0. The van der Waals surface area contributed by atoms with Gasteiger partial charge in [0.05, 0.1) is 0 Å². The Balaban J connectivity index is 0. The van der Waals surface area contributed by atoms with E-state index in [9.17, 15) is 0 Å². The molecule has 0 aliphatic heterocycles. The first-order chi connectivity index (χ1) is 0. The molecule has 6 heavy (non-hydrogen) atoms. The molecule has 0 amide bonds. The fourth-order valence-electron chi connectivity index (χ4n) is 0. The Labute approximate surface area is 87.0 Å². The maximum Gasteiger partial charge on any atom is 4.00 e. The Morgan fingerprint density at radius 2 is 0.500 bits per heavy atom. The molecule has 0 rings (SSSR count).